The molecule has 1 fully saturated rings. The van der Waals surface area contributed by atoms with Gasteiger partial charge in [-0.2, -0.15) is 4.80 Å². The largest absolute Gasteiger partial charge is 0.390 e. The molecule has 72 valence electrons. The third kappa shape index (κ3) is 1.54. The molecule has 13 heavy (non-hydrogen) atoms. The molecule has 1 aliphatic carbocycles. The van der Waals surface area contributed by atoms with Crippen molar-refractivity contribution in [2.24, 2.45) is 0 Å². The molecular formula is C7H12N4O2. The minimum Gasteiger partial charge on any atom is -0.390 e. The van der Waals surface area contributed by atoms with Crippen LogP contribution in [-0.4, -0.2) is 42.1 Å². The number of aliphatic hydroxyl groups excluding tert-OH is 1. The van der Waals surface area contributed by atoms with Crippen LogP contribution in [0.4, 0.5) is 0 Å². The summed E-state index contributed by atoms with van der Waals surface area (Å²) in [5, 5.41) is 30.4. The highest BCUT2D eigenvalue weighted by Gasteiger charge is 2.40. The Morgan fingerprint density at radius 2 is 2.46 bits per heavy atom. The second kappa shape index (κ2) is 3.04. The Bertz CT molecular complexity index is 276. The molecule has 1 aromatic heterocycles. The maximum absolute atomic E-state index is 9.95. The van der Waals surface area contributed by atoms with Crippen LogP contribution in [0.3, 0.4) is 0 Å². The van der Waals surface area contributed by atoms with Gasteiger partial charge in [-0.25, -0.2) is 0 Å². The molecule has 1 aliphatic rings. The third-order valence-corrected chi connectivity index (χ3v) is 2.51. The highest BCUT2D eigenvalue weighted by molar-refractivity contribution is 4.91. The number of nitrogens with zero attached hydrogens (tertiary/aromatic N) is 4. The zero-order valence-corrected chi connectivity index (χ0v) is 7.17. The first-order chi connectivity index (χ1) is 6.21. The summed E-state index contributed by atoms with van der Waals surface area (Å²) >= 11 is 0. The number of tetrazole rings is 1. The van der Waals surface area contributed by atoms with Gasteiger partial charge in [-0.15, -0.1) is 10.2 Å². The number of hydrogen-bond donors (Lipinski definition) is 2. The van der Waals surface area contributed by atoms with Crippen molar-refractivity contribution in [3.05, 3.63) is 6.33 Å². The van der Waals surface area contributed by atoms with Crippen LogP contribution < -0.4 is 0 Å². The van der Waals surface area contributed by atoms with Crippen molar-refractivity contribution in [2.45, 2.75) is 37.5 Å². The molecule has 0 bridgehead atoms. The van der Waals surface area contributed by atoms with Crippen LogP contribution in [0.5, 0.6) is 0 Å². The zero-order chi connectivity index (χ0) is 9.31. The predicted molar refractivity (Wildman–Crippen MR) is 42.6 cm³/mol. The fraction of sp³-hybridized carbons (Fsp3) is 0.857. The lowest BCUT2D eigenvalue weighted by molar-refractivity contribution is -0.0687. The molecule has 0 spiro atoms. The van der Waals surface area contributed by atoms with Crippen molar-refractivity contribution in [1.29, 1.82) is 0 Å². The van der Waals surface area contributed by atoms with E-state index in [0.717, 1.165) is 6.42 Å². The van der Waals surface area contributed by atoms with Crippen LogP contribution in [0.1, 0.15) is 19.3 Å². The molecule has 2 rings (SSSR count). The van der Waals surface area contributed by atoms with Gasteiger partial charge in [0.1, 0.15) is 5.60 Å². The molecule has 2 N–H and O–H groups in total. The van der Waals surface area contributed by atoms with Gasteiger partial charge in [0.15, 0.2) is 6.33 Å². The molecule has 1 aromatic rings. The van der Waals surface area contributed by atoms with Crippen LogP contribution in [-0.2, 0) is 6.54 Å². The maximum Gasteiger partial charge on any atom is 0.162 e. The SMILES string of the molecule is OC1CCCC1(O)Cn1ncnn1. The van der Waals surface area contributed by atoms with Gasteiger partial charge in [-0.1, -0.05) is 0 Å². The van der Waals surface area contributed by atoms with Gasteiger partial charge in [0.05, 0.1) is 12.6 Å². The standard InChI is InChI=1S/C7H12N4O2/c12-6-2-1-3-7(6,13)4-11-9-5-8-10-11/h5-6,12-13H,1-4H2. The van der Waals surface area contributed by atoms with E-state index in [-0.39, 0.29) is 6.54 Å². The second-order valence-electron chi connectivity index (χ2n) is 3.48. The molecule has 6 nitrogen and oxygen atoms in total. The summed E-state index contributed by atoms with van der Waals surface area (Å²) in [5.74, 6) is 0. The van der Waals surface area contributed by atoms with E-state index in [2.05, 4.69) is 15.4 Å². The van der Waals surface area contributed by atoms with Gasteiger partial charge in [-0.05, 0) is 24.5 Å². The Morgan fingerprint density at radius 3 is 3.00 bits per heavy atom. The molecule has 0 saturated heterocycles. The summed E-state index contributed by atoms with van der Waals surface area (Å²) in [7, 11) is 0. The number of rotatable bonds is 2. The number of aliphatic hydroxyl groups is 2. The summed E-state index contributed by atoms with van der Waals surface area (Å²) < 4.78 is 0. The van der Waals surface area contributed by atoms with Crippen molar-refractivity contribution in [3.8, 4) is 0 Å². The summed E-state index contributed by atoms with van der Waals surface area (Å²) in [6, 6.07) is 0. The van der Waals surface area contributed by atoms with Crippen molar-refractivity contribution >= 4 is 0 Å². The average Bonchev–Trinajstić information content (AvgIpc) is 2.65. The van der Waals surface area contributed by atoms with E-state index < -0.39 is 11.7 Å². The van der Waals surface area contributed by atoms with Crippen LogP contribution in [0.25, 0.3) is 0 Å². The molecule has 0 aliphatic heterocycles. The monoisotopic (exact) mass is 184 g/mol. The number of hydrogen-bond acceptors (Lipinski definition) is 5. The number of aromatic nitrogens is 4. The van der Waals surface area contributed by atoms with Gasteiger partial charge in [-0.3, -0.25) is 0 Å². The summed E-state index contributed by atoms with van der Waals surface area (Å²) in [4.78, 5) is 1.30. The Labute approximate surface area is 75.2 Å². The van der Waals surface area contributed by atoms with Gasteiger partial charge in [0, 0.05) is 0 Å². The molecule has 0 amide bonds. The van der Waals surface area contributed by atoms with Gasteiger partial charge in [0.2, 0.25) is 0 Å². The van der Waals surface area contributed by atoms with E-state index in [1.165, 1.54) is 11.1 Å². The molecule has 0 aromatic carbocycles. The second-order valence-corrected chi connectivity index (χ2v) is 3.48. The Balaban J connectivity index is 2.08. The lowest BCUT2D eigenvalue weighted by Gasteiger charge is -2.25. The maximum atomic E-state index is 9.95. The summed E-state index contributed by atoms with van der Waals surface area (Å²) in [6.45, 7) is 0.216. The van der Waals surface area contributed by atoms with E-state index in [9.17, 15) is 10.2 Å². The van der Waals surface area contributed by atoms with Crippen molar-refractivity contribution in [2.75, 3.05) is 0 Å². The molecule has 2 atom stereocenters. The van der Waals surface area contributed by atoms with Crippen molar-refractivity contribution in [1.82, 2.24) is 20.2 Å². The van der Waals surface area contributed by atoms with Crippen molar-refractivity contribution < 1.29 is 10.2 Å². The molecule has 0 radical (unpaired) electrons. The smallest absolute Gasteiger partial charge is 0.162 e. The topological polar surface area (TPSA) is 84.1 Å². The Kier molecular flexibility index (Phi) is 2.01. The van der Waals surface area contributed by atoms with Gasteiger partial charge >= 0.3 is 0 Å². The lowest BCUT2D eigenvalue weighted by Crippen LogP contribution is -2.42. The van der Waals surface area contributed by atoms with Gasteiger partial charge in [0.25, 0.3) is 0 Å². The van der Waals surface area contributed by atoms with Crippen LogP contribution in [0.2, 0.25) is 0 Å². The first kappa shape index (κ1) is 8.58. The van der Waals surface area contributed by atoms with E-state index in [1.807, 2.05) is 0 Å². The van der Waals surface area contributed by atoms with E-state index >= 15 is 0 Å². The quantitative estimate of drug-likeness (QED) is 0.612. The van der Waals surface area contributed by atoms with Crippen LogP contribution >= 0.6 is 0 Å². The first-order valence-corrected chi connectivity index (χ1v) is 4.32. The minimum atomic E-state index is -1.07. The normalized spacial score (nSPS) is 33.8. The van der Waals surface area contributed by atoms with Gasteiger partial charge < -0.3 is 10.2 Å². The Morgan fingerprint density at radius 1 is 1.62 bits per heavy atom. The van der Waals surface area contributed by atoms with Crippen molar-refractivity contribution in [3.63, 3.8) is 0 Å². The highest BCUT2D eigenvalue weighted by Crippen LogP contribution is 2.30. The predicted octanol–water partition coefficient (Wildman–Crippen LogP) is -1.05. The highest BCUT2D eigenvalue weighted by atomic mass is 16.3. The van der Waals surface area contributed by atoms with Crippen LogP contribution in [0, 0.1) is 0 Å². The van der Waals surface area contributed by atoms with E-state index in [1.54, 1.807) is 0 Å². The summed E-state index contributed by atoms with van der Waals surface area (Å²) in [5.41, 5.74) is -1.07. The average molecular weight is 184 g/mol. The van der Waals surface area contributed by atoms with E-state index in [4.69, 9.17) is 0 Å². The lowest BCUT2D eigenvalue weighted by atomic mass is 10.0. The van der Waals surface area contributed by atoms with E-state index in [0.29, 0.717) is 12.8 Å². The molecule has 6 heteroatoms. The zero-order valence-electron chi connectivity index (χ0n) is 7.17. The van der Waals surface area contributed by atoms with Crippen LogP contribution in [0.15, 0.2) is 6.33 Å². The minimum absolute atomic E-state index is 0.216. The Hall–Kier alpha value is -1.01. The summed E-state index contributed by atoms with van der Waals surface area (Å²) in [6.07, 6.45) is 2.72. The molecule has 2 unspecified atom stereocenters. The fourth-order valence-corrected chi connectivity index (χ4v) is 1.73. The first-order valence-electron chi connectivity index (χ1n) is 4.32. The molecule has 1 saturated carbocycles. The molecule has 1 heterocycles. The molecular weight excluding hydrogens is 172 g/mol. The fourth-order valence-electron chi connectivity index (χ4n) is 1.73. The third-order valence-electron chi connectivity index (χ3n) is 2.51.